The van der Waals surface area contributed by atoms with E-state index in [4.69, 9.17) is 69.6 Å². The Balaban J connectivity index is 0.000000183. The van der Waals surface area contributed by atoms with Gasteiger partial charge in [-0.1, -0.05) is 473 Å². The molecule has 0 heterocycles. The molecule has 0 amide bonds. The molecule has 0 aliphatic rings. The Labute approximate surface area is 776 Å². The Hall–Kier alpha value is -6.27. The maximum atomic E-state index is 6.34. The minimum Gasteiger partial charge on any atom is -0.122 e. The van der Waals surface area contributed by atoms with Crippen LogP contribution in [0.2, 0.25) is 5.02 Å². The maximum absolute atomic E-state index is 6.34. The van der Waals surface area contributed by atoms with Gasteiger partial charge in [0, 0.05) is 47.6 Å². The molecule has 0 spiro atoms. The Kier molecular flexibility index (Phi) is 42.5. The summed E-state index contributed by atoms with van der Waals surface area (Å²) in [7, 11) is 0. The predicted molar refractivity (Wildman–Crippen MR) is 543 cm³/mol. The van der Waals surface area contributed by atoms with Crippen LogP contribution in [-0.2, 0) is 55.2 Å². The van der Waals surface area contributed by atoms with E-state index in [0.29, 0.717) is 23.6 Å². The van der Waals surface area contributed by atoms with Crippen LogP contribution in [0, 0.1) is 3.57 Å². The third-order valence-electron chi connectivity index (χ3n) is 19.2. The van der Waals surface area contributed by atoms with Crippen LogP contribution >= 0.6 is 156 Å². The van der Waals surface area contributed by atoms with Gasteiger partial charge in [0.15, 0.2) is 0 Å². The number of halogens is 11. The lowest BCUT2D eigenvalue weighted by atomic mass is 9.80. The molecule has 0 aliphatic heterocycles. The van der Waals surface area contributed by atoms with Gasteiger partial charge >= 0.3 is 0 Å². The Morgan fingerprint density at radius 2 is 0.658 bits per heavy atom. The van der Waals surface area contributed by atoms with Gasteiger partial charge in [0.05, 0.1) is 10.8 Å². The normalized spacial score (nSPS) is 11.2. The van der Waals surface area contributed by atoms with Crippen LogP contribution in [0.25, 0.3) is 43.1 Å². The zero-order valence-electron chi connectivity index (χ0n) is 68.7. The van der Waals surface area contributed by atoms with Gasteiger partial charge in [-0.15, -0.1) is 58.0 Å². The molecule has 0 saturated carbocycles. The maximum Gasteiger partial charge on any atom is 0.0835 e. The van der Waals surface area contributed by atoms with E-state index in [0.717, 1.165) is 48.6 Å². The van der Waals surface area contributed by atoms with E-state index in [1.807, 2.05) is 140 Å². The Morgan fingerprint density at radius 1 is 0.282 bits per heavy atom. The average Bonchev–Trinajstić information content (AvgIpc) is 0.780. The summed E-state index contributed by atoms with van der Waals surface area (Å²) >= 11 is 52.2. The first kappa shape index (κ1) is 97.8. The van der Waals surface area contributed by atoms with Gasteiger partial charge in [-0.05, 0) is 196 Å². The van der Waals surface area contributed by atoms with E-state index in [1.165, 1.54) is 108 Å². The van der Waals surface area contributed by atoms with Crippen molar-refractivity contribution in [2.45, 2.75) is 148 Å². The van der Waals surface area contributed by atoms with Gasteiger partial charge in [0.2, 0.25) is 0 Å². The van der Waals surface area contributed by atoms with Crippen molar-refractivity contribution >= 4 is 199 Å². The van der Waals surface area contributed by atoms with E-state index in [1.54, 1.807) is 0 Å². The van der Waals surface area contributed by atoms with E-state index < -0.39 is 0 Å². The Morgan fingerprint density at radius 3 is 1.08 bits per heavy atom. The summed E-state index contributed by atoms with van der Waals surface area (Å²) in [5.41, 5.74) is 19.8. The van der Waals surface area contributed by atoms with E-state index in [-0.39, 0.29) is 27.0 Å². The Bertz CT molecular complexity index is 5240. The number of hydrogen-bond donors (Lipinski definition) is 0. The zero-order chi connectivity index (χ0) is 84.9. The molecule has 0 nitrogen and oxygen atoms in total. The van der Waals surface area contributed by atoms with Crippen LogP contribution in [0.1, 0.15) is 176 Å². The molecule has 608 valence electrons. The van der Waals surface area contributed by atoms with Crippen molar-refractivity contribution in [2.75, 3.05) is 0 Å². The van der Waals surface area contributed by atoms with E-state index in [9.17, 15) is 0 Å². The van der Waals surface area contributed by atoms with Crippen molar-refractivity contribution in [3.63, 3.8) is 0 Å². The second kappa shape index (κ2) is 50.8. The van der Waals surface area contributed by atoms with Crippen LogP contribution in [0.4, 0.5) is 0 Å². The molecule has 15 rings (SSSR count). The molecule has 0 bridgehead atoms. The quantitative estimate of drug-likeness (QED) is 0.0650. The van der Waals surface area contributed by atoms with Gasteiger partial charge in [-0.25, -0.2) is 0 Å². The van der Waals surface area contributed by atoms with Gasteiger partial charge < -0.3 is 0 Å². The van der Waals surface area contributed by atoms with Crippen molar-refractivity contribution in [3.05, 3.63) is 438 Å². The number of alkyl halides is 9. The molecule has 0 saturated heterocycles. The van der Waals surface area contributed by atoms with E-state index in [2.05, 4.69) is 369 Å². The van der Waals surface area contributed by atoms with Crippen molar-refractivity contribution in [3.8, 4) is 0 Å². The van der Waals surface area contributed by atoms with E-state index >= 15 is 0 Å². The second-order valence-corrected chi connectivity index (χ2v) is 36.9. The summed E-state index contributed by atoms with van der Waals surface area (Å²) < 4.78 is 1.33. The van der Waals surface area contributed by atoms with Crippen LogP contribution in [0.5, 0.6) is 0 Å². The fourth-order valence-corrected chi connectivity index (χ4v) is 16.2. The monoisotopic (exact) mass is 2030 g/mol. The highest BCUT2D eigenvalue weighted by Crippen LogP contribution is 2.35. The lowest BCUT2D eigenvalue weighted by molar-refractivity contribution is 0.567. The fourth-order valence-electron chi connectivity index (χ4n) is 12.2. The number of rotatable bonds is 12. The smallest absolute Gasteiger partial charge is 0.0835 e. The molecule has 0 N–H and O–H groups in total. The van der Waals surface area contributed by atoms with Crippen LogP contribution < -0.4 is 0 Å². The van der Waals surface area contributed by atoms with Gasteiger partial charge in [0.25, 0.3) is 0 Å². The zero-order valence-corrected chi connectivity index (χ0v) is 81.8. The lowest BCUT2D eigenvalue weighted by Gasteiger charge is -2.26. The molecule has 0 aromatic heterocycles. The third-order valence-corrected chi connectivity index (χ3v) is 24.9. The topological polar surface area (TPSA) is 0 Å². The fraction of sp³-hybridized carbons (Fsp3) is 0.226. The van der Waals surface area contributed by atoms with Crippen LogP contribution in [-0.4, -0.2) is 0 Å². The molecular weight excluding hydrogens is 1930 g/mol. The average molecular weight is 2040 g/mol. The van der Waals surface area contributed by atoms with Gasteiger partial charge in [-0.3, -0.25) is 0 Å². The molecule has 1 unspecified atom stereocenters. The number of benzene rings is 15. The van der Waals surface area contributed by atoms with Gasteiger partial charge in [0.1, 0.15) is 0 Å². The first-order valence-electron chi connectivity index (χ1n) is 39.1. The highest BCUT2D eigenvalue weighted by Gasteiger charge is 2.21. The summed E-state index contributed by atoms with van der Waals surface area (Å²) in [4.78, 5) is 0. The summed E-state index contributed by atoms with van der Waals surface area (Å²) in [6.07, 6.45) is 0. The first-order chi connectivity index (χ1) is 56.1. The SMILES string of the molecule is BrCc1ccc2ccccc2c1.BrCc1ccccc1I.CC(C)(C)c1cc(CBr)cc(C(C)(C)C)c1.CC(C)(C)c1ccc(CBr)cc1.CC(C)c1ccc(CCl)cc1.ClC(c1ccccc1)c1ccccc1.ClCc1c2ccccc2cc2ccccc12.ClCc1cccc2ccccc12.Clc1ccc(C(Cl)c2ccccc2)cc1. The molecule has 117 heavy (non-hydrogen) atoms. The predicted octanol–water partition coefficient (Wildman–Crippen LogP) is 36.5. The minimum atomic E-state index is -0.108. The molecule has 0 aliphatic carbocycles. The van der Waals surface area contributed by atoms with Crippen molar-refractivity contribution in [2.24, 2.45) is 0 Å². The largest absolute Gasteiger partial charge is 0.122 e. The lowest BCUT2D eigenvalue weighted by Crippen LogP contribution is -2.16. The standard InChI is InChI=1S/C15H23Br.C15H11Cl.C13H10Cl2.C13H11Cl.C11H9Br.C11H15Br.C11H9Cl.C10H13Cl.C7H6BrI/c1-14(2,3)12-7-11(10-16)8-13(9-12)15(4,5)6;16-10-15-13-7-3-1-5-11(13)9-12-6-2-4-8-14(12)15;14-12-8-6-11(7-9-12)13(15)10-4-2-1-3-5-10;14-13(11-7-3-1-4-8-11)12-9-5-2-6-10-12;12-8-9-5-6-10-3-1-2-4-11(10)7-9;1-11(2,3)10-6-4-9(8-12)5-7-10;12-8-10-6-3-5-9-4-1-2-7-11(9)10;1-8(2)10-5-3-9(7-11)4-6-10;8-5-6-3-1-2-4-7(6)9/h7-9H,10H2,1-6H3;1-9H,10H2;1-9,13H;1-10,13H;1-7H,8H2;4-7H,8H2,1-3H3;1-7H,8H2;3-6,8H,7H2,1-2H3;1-4H,5H2. The third kappa shape index (κ3) is 32.6. The summed E-state index contributed by atoms with van der Waals surface area (Å²) in [6, 6.07) is 119. The summed E-state index contributed by atoms with van der Waals surface area (Å²) in [6.45, 7) is 24.7. The molecule has 15 aromatic carbocycles. The molecule has 11 heteroatoms. The van der Waals surface area contributed by atoms with Crippen molar-refractivity contribution in [1.29, 1.82) is 0 Å². The number of fused-ring (bicyclic) bond motifs is 4. The van der Waals surface area contributed by atoms with Crippen LogP contribution in [0.3, 0.4) is 0 Å². The summed E-state index contributed by atoms with van der Waals surface area (Å²) in [5, 5.41) is 14.5. The minimum absolute atomic E-state index is 0.0441. The van der Waals surface area contributed by atoms with Crippen molar-refractivity contribution < 1.29 is 0 Å². The molecule has 1 atom stereocenters. The highest BCUT2D eigenvalue weighted by molar-refractivity contribution is 14.1. The molecule has 0 radical (unpaired) electrons. The molecular formula is C106H107Br4Cl6I. The highest BCUT2D eigenvalue weighted by atomic mass is 127. The van der Waals surface area contributed by atoms with Crippen LogP contribution in [0.15, 0.2) is 346 Å². The molecule has 0 fully saturated rings. The van der Waals surface area contributed by atoms with Crippen molar-refractivity contribution in [1.82, 2.24) is 0 Å². The first-order valence-corrected chi connectivity index (χ1v) is 47.6. The number of hydrogen-bond acceptors (Lipinski definition) is 0. The summed E-state index contributed by atoms with van der Waals surface area (Å²) in [5.74, 6) is 2.36. The van der Waals surface area contributed by atoms with Gasteiger partial charge in [-0.2, -0.15) is 0 Å². The molecule has 15 aromatic rings. The second-order valence-electron chi connectivity index (χ2n) is 31.4.